The van der Waals surface area contributed by atoms with Crippen molar-refractivity contribution in [2.24, 2.45) is 0 Å². The summed E-state index contributed by atoms with van der Waals surface area (Å²) in [5.74, 6) is 1.09. The summed E-state index contributed by atoms with van der Waals surface area (Å²) in [4.78, 5) is 1.38. The van der Waals surface area contributed by atoms with Gasteiger partial charge in [-0.05, 0) is 30.0 Å². The molecule has 0 radical (unpaired) electrons. The largest absolute Gasteiger partial charge is 0.377 e. The van der Waals surface area contributed by atoms with Crippen molar-refractivity contribution >= 4 is 11.8 Å². The van der Waals surface area contributed by atoms with Gasteiger partial charge in [0.05, 0.1) is 6.61 Å². The van der Waals surface area contributed by atoms with Crippen molar-refractivity contribution in [1.29, 1.82) is 0 Å². The Hall–Kier alpha value is -0.470. The van der Waals surface area contributed by atoms with Crippen molar-refractivity contribution in [3.63, 3.8) is 0 Å². The summed E-state index contributed by atoms with van der Waals surface area (Å²) in [5, 5.41) is 0. The third-order valence-electron chi connectivity index (χ3n) is 2.47. The zero-order valence-electron chi connectivity index (χ0n) is 10.8. The molecule has 0 amide bonds. The molecule has 1 rings (SSSR count). The Morgan fingerprint density at radius 2 is 1.75 bits per heavy atom. The van der Waals surface area contributed by atoms with Crippen LogP contribution in [0.1, 0.15) is 33.3 Å². The van der Waals surface area contributed by atoms with E-state index >= 15 is 0 Å². The van der Waals surface area contributed by atoms with Crippen LogP contribution in [-0.2, 0) is 21.9 Å². The molecule has 0 saturated carbocycles. The minimum absolute atomic E-state index is 0.251. The molecule has 90 valence electrons. The topological polar surface area (TPSA) is 9.23 Å². The average molecular weight is 239 g/mol. The van der Waals surface area contributed by atoms with Gasteiger partial charge >= 0.3 is 0 Å². The maximum atomic E-state index is 5.33. The van der Waals surface area contributed by atoms with Gasteiger partial charge in [-0.1, -0.05) is 32.9 Å². The van der Waals surface area contributed by atoms with Crippen LogP contribution in [0, 0.1) is 0 Å². The highest BCUT2D eigenvalue weighted by Crippen LogP contribution is 2.22. The van der Waals surface area contributed by atoms with E-state index < -0.39 is 0 Å². The molecule has 0 aliphatic heterocycles. The van der Waals surface area contributed by atoms with Gasteiger partial charge in [-0.25, -0.2) is 0 Å². The lowest BCUT2D eigenvalue weighted by atomic mass is 9.87. The normalized spacial score (nSPS) is 11.8. The van der Waals surface area contributed by atoms with E-state index in [4.69, 9.17) is 4.74 Å². The Kier molecular flexibility index (Phi) is 5.36. The molecule has 0 aliphatic rings. The van der Waals surface area contributed by atoms with Crippen LogP contribution in [0.25, 0.3) is 0 Å². The van der Waals surface area contributed by atoms with Gasteiger partial charge in [0, 0.05) is 18.4 Å². The van der Waals surface area contributed by atoms with Crippen LogP contribution < -0.4 is 0 Å². The Bertz CT molecular complexity index is 298. The SMILES string of the molecule is CCOCC[SH+]c1ccc(C(C)(C)C)cc1. The Morgan fingerprint density at radius 1 is 1.12 bits per heavy atom. The summed E-state index contributed by atoms with van der Waals surface area (Å²) in [6.07, 6.45) is 0. The molecule has 0 spiro atoms. The minimum Gasteiger partial charge on any atom is -0.377 e. The van der Waals surface area contributed by atoms with Crippen LogP contribution in [0.4, 0.5) is 0 Å². The fourth-order valence-corrected chi connectivity index (χ4v) is 2.29. The lowest BCUT2D eigenvalue weighted by Crippen LogP contribution is -2.10. The fourth-order valence-electron chi connectivity index (χ4n) is 1.45. The second-order valence-corrected chi connectivity index (χ2v) is 6.16. The van der Waals surface area contributed by atoms with Gasteiger partial charge < -0.3 is 4.74 Å². The molecule has 0 atom stereocenters. The molecule has 1 aromatic rings. The van der Waals surface area contributed by atoms with Crippen LogP contribution in [0.3, 0.4) is 0 Å². The van der Waals surface area contributed by atoms with Crippen molar-refractivity contribution in [1.82, 2.24) is 0 Å². The second kappa shape index (κ2) is 6.31. The van der Waals surface area contributed by atoms with Gasteiger partial charge in [-0.3, -0.25) is 0 Å². The molecule has 0 N–H and O–H groups in total. The average Bonchev–Trinajstić information content (AvgIpc) is 2.24. The molecule has 0 heterocycles. The van der Waals surface area contributed by atoms with Crippen molar-refractivity contribution in [3.8, 4) is 0 Å². The third kappa shape index (κ3) is 4.58. The van der Waals surface area contributed by atoms with Crippen LogP contribution in [0.15, 0.2) is 29.2 Å². The lowest BCUT2D eigenvalue weighted by Gasteiger charge is -2.18. The van der Waals surface area contributed by atoms with Crippen molar-refractivity contribution in [2.45, 2.75) is 38.0 Å². The fraction of sp³-hybridized carbons (Fsp3) is 0.571. The standard InChI is InChI=1S/C14H22OS/c1-5-15-10-11-16-13-8-6-12(7-9-13)14(2,3)4/h6-9H,5,10-11H2,1-4H3/p+1. The van der Waals surface area contributed by atoms with E-state index in [-0.39, 0.29) is 5.41 Å². The first kappa shape index (κ1) is 13.6. The minimum atomic E-state index is 0.251. The van der Waals surface area contributed by atoms with Crippen LogP contribution in [-0.4, -0.2) is 19.0 Å². The summed E-state index contributed by atoms with van der Waals surface area (Å²) >= 11 is 1.36. The highest BCUT2D eigenvalue weighted by molar-refractivity contribution is 7.78. The molecular formula is C14H23OS+. The summed E-state index contributed by atoms with van der Waals surface area (Å²) in [6, 6.07) is 8.94. The number of hydrogen-bond acceptors (Lipinski definition) is 1. The molecule has 0 aliphatic carbocycles. The zero-order chi connectivity index (χ0) is 12.0. The van der Waals surface area contributed by atoms with E-state index in [2.05, 4.69) is 45.0 Å². The molecule has 1 nitrogen and oxygen atoms in total. The molecule has 0 aromatic heterocycles. The van der Waals surface area contributed by atoms with Crippen LogP contribution >= 0.6 is 0 Å². The smallest absolute Gasteiger partial charge is 0.152 e. The summed E-state index contributed by atoms with van der Waals surface area (Å²) in [6.45, 7) is 10.4. The summed E-state index contributed by atoms with van der Waals surface area (Å²) in [7, 11) is 0. The summed E-state index contributed by atoms with van der Waals surface area (Å²) in [5.41, 5.74) is 1.65. The molecule has 0 unspecified atom stereocenters. The van der Waals surface area contributed by atoms with E-state index in [9.17, 15) is 0 Å². The van der Waals surface area contributed by atoms with E-state index in [1.807, 2.05) is 6.92 Å². The van der Waals surface area contributed by atoms with E-state index in [1.54, 1.807) is 0 Å². The van der Waals surface area contributed by atoms with Crippen LogP contribution in [0.2, 0.25) is 0 Å². The van der Waals surface area contributed by atoms with Crippen molar-refractivity contribution in [3.05, 3.63) is 29.8 Å². The Balaban J connectivity index is 2.46. The molecule has 0 fully saturated rings. The molecule has 0 bridgehead atoms. The predicted octanol–water partition coefficient (Wildman–Crippen LogP) is 3.19. The zero-order valence-corrected chi connectivity index (χ0v) is 11.7. The molecular weight excluding hydrogens is 216 g/mol. The maximum Gasteiger partial charge on any atom is 0.152 e. The van der Waals surface area contributed by atoms with Gasteiger partial charge in [0.15, 0.2) is 4.90 Å². The first-order valence-corrected chi connectivity index (χ1v) is 6.98. The second-order valence-electron chi connectivity index (χ2n) is 4.88. The number of rotatable bonds is 5. The highest BCUT2D eigenvalue weighted by atomic mass is 32.2. The Morgan fingerprint density at radius 3 is 2.25 bits per heavy atom. The number of ether oxygens (including phenoxy) is 1. The maximum absolute atomic E-state index is 5.33. The number of thiol groups is 1. The van der Waals surface area contributed by atoms with Crippen molar-refractivity contribution in [2.75, 3.05) is 19.0 Å². The number of benzene rings is 1. The van der Waals surface area contributed by atoms with Gasteiger partial charge in [0.2, 0.25) is 0 Å². The highest BCUT2D eigenvalue weighted by Gasteiger charge is 2.13. The van der Waals surface area contributed by atoms with Gasteiger partial charge in [0.1, 0.15) is 5.75 Å². The molecule has 1 aromatic carbocycles. The summed E-state index contributed by atoms with van der Waals surface area (Å²) < 4.78 is 5.33. The number of hydrogen-bond donors (Lipinski definition) is 0. The first-order chi connectivity index (χ1) is 7.54. The van der Waals surface area contributed by atoms with Crippen LogP contribution in [0.5, 0.6) is 0 Å². The third-order valence-corrected chi connectivity index (χ3v) is 3.54. The quantitative estimate of drug-likeness (QED) is 0.435. The van der Waals surface area contributed by atoms with E-state index in [0.29, 0.717) is 0 Å². The van der Waals surface area contributed by atoms with E-state index in [1.165, 1.54) is 22.2 Å². The molecule has 0 saturated heterocycles. The predicted molar refractivity (Wildman–Crippen MR) is 73.5 cm³/mol. The monoisotopic (exact) mass is 239 g/mol. The molecule has 16 heavy (non-hydrogen) atoms. The lowest BCUT2D eigenvalue weighted by molar-refractivity contribution is 0.164. The van der Waals surface area contributed by atoms with E-state index in [0.717, 1.165) is 19.0 Å². The molecule has 2 heteroatoms. The van der Waals surface area contributed by atoms with Crippen molar-refractivity contribution < 1.29 is 4.74 Å². The van der Waals surface area contributed by atoms with Gasteiger partial charge in [-0.2, -0.15) is 0 Å². The Labute approximate surface area is 104 Å². The van der Waals surface area contributed by atoms with Gasteiger partial charge in [0.25, 0.3) is 0 Å². The van der Waals surface area contributed by atoms with Gasteiger partial charge in [-0.15, -0.1) is 0 Å². The first-order valence-electron chi connectivity index (χ1n) is 5.90.